The summed E-state index contributed by atoms with van der Waals surface area (Å²) in [5.41, 5.74) is 0.789. The van der Waals surface area contributed by atoms with E-state index in [1.165, 1.54) is 12.1 Å². The van der Waals surface area contributed by atoms with Crippen molar-refractivity contribution in [1.29, 1.82) is 0 Å². The summed E-state index contributed by atoms with van der Waals surface area (Å²) in [7, 11) is 0. The lowest BCUT2D eigenvalue weighted by molar-refractivity contribution is -0.137. The Labute approximate surface area is 190 Å². The Kier molecular flexibility index (Phi) is 6.50. The smallest absolute Gasteiger partial charge is 0.416 e. The Morgan fingerprint density at radius 3 is 2.12 bits per heavy atom. The molecule has 3 aromatic rings. The van der Waals surface area contributed by atoms with Gasteiger partial charge in [0.1, 0.15) is 11.5 Å². The van der Waals surface area contributed by atoms with Gasteiger partial charge in [-0.1, -0.05) is 24.3 Å². The highest BCUT2D eigenvalue weighted by Crippen LogP contribution is 2.32. The Morgan fingerprint density at radius 2 is 1.47 bits per heavy atom. The number of hydrogen-bond acceptors (Lipinski definition) is 3. The van der Waals surface area contributed by atoms with Crippen molar-refractivity contribution in [2.75, 3.05) is 36.4 Å². The molecule has 1 N–H and O–H groups in total. The van der Waals surface area contributed by atoms with E-state index in [0.29, 0.717) is 37.0 Å². The number of alkyl halides is 3. The molecule has 4 nitrogen and oxygen atoms in total. The summed E-state index contributed by atoms with van der Waals surface area (Å²) in [5.74, 6) is 1.49. The molecule has 0 unspecified atom stereocenters. The van der Waals surface area contributed by atoms with Crippen LogP contribution in [0.2, 0.25) is 0 Å². The average molecular weight is 458 g/mol. The maximum Gasteiger partial charge on any atom is 0.416 e. The van der Waals surface area contributed by atoms with E-state index >= 15 is 0 Å². The number of nitrogens with zero attached hydrogens (tertiary/aromatic N) is 2. The molecule has 1 aliphatic rings. The first-order valence-corrected chi connectivity index (χ1v) is 10.6. The summed E-state index contributed by atoms with van der Waals surface area (Å²) in [5, 5.41) is 3.81. The molecule has 8 heteroatoms. The van der Waals surface area contributed by atoms with Crippen molar-refractivity contribution in [3.05, 3.63) is 84.4 Å². The predicted octanol–water partition coefficient (Wildman–Crippen LogP) is 6.02. The highest BCUT2D eigenvalue weighted by atomic mass is 32.1. The fourth-order valence-corrected chi connectivity index (χ4v) is 3.78. The van der Waals surface area contributed by atoms with E-state index in [4.69, 9.17) is 17.0 Å². The van der Waals surface area contributed by atoms with E-state index in [1.54, 1.807) is 6.07 Å². The van der Waals surface area contributed by atoms with E-state index in [0.717, 1.165) is 23.3 Å². The van der Waals surface area contributed by atoms with Crippen molar-refractivity contribution in [3.63, 3.8) is 0 Å². The monoisotopic (exact) mass is 457 g/mol. The normalized spacial score (nSPS) is 14.2. The van der Waals surface area contributed by atoms with Crippen LogP contribution >= 0.6 is 12.2 Å². The van der Waals surface area contributed by atoms with Crippen LogP contribution in [0.15, 0.2) is 78.9 Å². The Balaban J connectivity index is 1.30. The zero-order chi connectivity index (χ0) is 22.6. The molecular formula is C24H22F3N3OS. The molecular weight excluding hydrogens is 435 g/mol. The standard InChI is InChI=1S/C24H22F3N3OS/c25-24(26,27)18-5-4-6-20(17-18)29-13-15-30(16-14-29)23(32)28-19-9-11-22(12-10-19)31-21-7-2-1-3-8-21/h1-12,17H,13-16H2,(H,28,32). The van der Waals surface area contributed by atoms with Crippen LogP contribution in [0.1, 0.15) is 5.56 Å². The predicted molar refractivity (Wildman–Crippen MR) is 124 cm³/mol. The molecule has 0 atom stereocenters. The third-order valence-electron chi connectivity index (χ3n) is 5.19. The van der Waals surface area contributed by atoms with E-state index in [2.05, 4.69) is 5.32 Å². The van der Waals surface area contributed by atoms with Crippen LogP contribution in [0.3, 0.4) is 0 Å². The summed E-state index contributed by atoms with van der Waals surface area (Å²) in [4.78, 5) is 3.97. The van der Waals surface area contributed by atoms with Crippen molar-refractivity contribution in [1.82, 2.24) is 4.90 Å². The third kappa shape index (κ3) is 5.50. The molecule has 0 amide bonds. The minimum Gasteiger partial charge on any atom is -0.457 e. The van der Waals surface area contributed by atoms with Crippen molar-refractivity contribution < 1.29 is 17.9 Å². The largest absolute Gasteiger partial charge is 0.457 e. The summed E-state index contributed by atoms with van der Waals surface area (Å²) >= 11 is 5.54. The second-order valence-corrected chi connectivity index (χ2v) is 7.78. The van der Waals surface area contributed by atoms with Crippen LogP contribution in [0.4, 0.5) is 24.5 Å². The van der Waals surface area contributed by atoms with Crippen molar-refractivity contribution in [3.8, 4) is 11.5 Å². The first-order chi connectivity index (χ1) is 15.4. The lowest BCUT2D eigenvalue weighted by Crippen LogP contribution is -2.50. The van der Waals surface area contributed by atoms with Crippen LogP contribution in [0.25, 0.3) is 0 Å². The summed E-state index contributed by atoms with van der Waals surface area (Å²) in [6.45, 7) is 2.43. The van der Waals surface area contributed by atoms with E-state index in [1.807, 2.05) is 64.4 Å². The van der Waals surface area contributed by atoms with Gasteiger partial charge in [-0.25, -0.2) is 0 Å². The minimum atomic E-state index is -4.34. The number of thiocarbonyl (C=S) groups is 1. The van der Waals surface area contributed by atoms with Gasteiger partial charge in [0.15, 0.2) is 5.11 Å². The molecule has 0 aromatic heterocycles. The molecule has 0 aliphatic carbocycles. The summed E-state index contributed by atoms with van der Waals surface area (Å²) in [6, 6.07) is 22.5. The molecule has 0 radical (unpaired) electrons. The van der Waals surface area contributed by atoms with Gasteiger partial charge in [-0.3, -0.25) is 0 Å². The van der Waals surface area contributed by atoms with Gasteiger partial charge in [0.2, 0.25) is 0 Å². The molecule has 1 aliphatic heterocycles. The van der Waals surface area contributed by atoms with E-state index in [9.17, 15) is 13.2 Å². The molecule has 32 heavy (non-hydrogen) atoms. The molecule has 0 spiro atoms. The highest BCUT2D eigenvalue weighted by Gasteiger charge is 2.31. The molecule has 1 heterocycles. The second-order valence-electron chi connectivity index (χ2n) is 7.39. The molecule has 0 saturated carbocycles. The zero-order valence-corrected chi connectivity index (χ0v) is 18.0. The lowest BCUT2D eigenvalue weighted by atomic mass is 10.1. The first kappa shape index (κ1) is 22.0. The lowest BCUT2D eigenvalue weighted by Gasteiger charge is -2.37. The average Bonchev–Trinajstić information content (AvgIpc) is 2.81. The molecule has 3 aromatic carbocycles. The summed E-state index contributed by atoms with van der Waals surface area (Å²) in [6.07, 6.45) is -4.34. The van der Waals surface area contributed by atoms with Crippen molar-refractivity contribution in [2.24, 2.45) is 0 Å². The number of benzene rings is 3. The number of para-hydroxylation sites is 1. The molecule has 1 saturated heterocycles. The van der Waals surface area contributed by atoms with Gasteiger partial charge in [-0.15, -0.1) is 0 Å². The number of ether oxygens (including phenoxy) is 1. The topological polar surface area (TPSA) is 27.7 Å². The van der Waals surface area contributed by atoms with Crippen molar-refractivity contribution in [2.45, 2.75) is 6.18 Å². The number of anilines is 2. The third-order valence-corrected chi connectivity index (χ3v) is 5.55. The maximum absolute atomic E-state index is 13.0. The Hall–Kier alpha value is -3.26. The number of rotatable bonds is 4. The van der Waals surface area contributed by atoms with E-state index < -0.39 is 11.7 Å². The zero-order valence-electron chi connectivity index (χ0n) is 17.2. The first-order valence-electron chi connectivity index (χ1n) is 10.2. The molecule has 166 valence electrons. The molecule has 1 fully saturated rings. The minimum absolute atomic E-state index is 0.576. The Bertz CT molecular complexity index is 1050. The number of piperazine rings is 1. The summed E-state index contributed by atoms with van der Waals surface area (Å²) < 4.78 is 44.7. The van der Waals surface area contributed by atoms with Crippen LogP contribution in [0.5, 0.6) is 11.5 Å². The van der Waals surface area contributed by atoms with Gasteiger partial charge in [0.25, 0.3) is 0 Å². The maximum atomic E-state index is 13.0. The van der Waals surface area contributed by atoms with Gasteiger partial charge in [-0.05, 0) is 66.8 Å². The number of nitrogens with one attached hydrogen (secondary N) is 1. The van der Waals surface area contributed by atoms with Crippen LogP contribution in [0, 0.1) is 0 Å². The highest BCUT2D eigenvalue weighted by molar-refractivity contribution is 7.80. The Morgan fingerprint density at radius 1 is 0.812 bits per heavy atom. The second kappa shape index (κ2) is 9.48. The van der Waals surface area contributed by atoms with Gasteiger partial charge in [0.05, 0.1) is 5.56 Å². The molecule has 4 rings (SSSR count). The fourth-order valence-electron chi connectivity index (χ4n) is 3.48. The fraction of sp³-hybridized carbons (Fsp3) is 0.208. The SMILES string of the molecule is FC(F)(F)c1cccc(N2CCN(C(=S)Nc3ccc(Oc4ccccc4)cc3)CC2)c1. The van der Waals surface area contributed by atoms with Gasteiger partial charge < -0.3 is 19.9 Å². The van der Waals surface area contributed by atoms with E-state index in [-0.39, 0.29) is 0 Å². The van der Waals surface area contributed by atoms with Crippen molar-refractivity contribution >= 4 is 28.7 Å². The van der Waals surface area contributed by atoms with Gasteiger partial charge >= 0.3 is 6.18 Å². The quantitative estimate of drug-likeness (QED) is 0.484. The number of hydrogen-bond donors (Lipinski definition) is 1. The van der Waals surface area contributed by atoms with Gasteiger partial charge in [-0.2, -0.15) is 13.2 Å². The van der Waals surface area contributed by atoms with Gasteiger partial charge in [0, 0.05) is 37.6 Å². The molecule has 0 bridgehead atoms. The van der Waals surface area contributed by atoms with Crippen LogP contribution in [-0.2, 0) is 6.18 Å². The van der Waals surface area contributed by atoms with Crippen LogP contribution in [-0.4, -0.2) is 36.2 Å². The van der Waals surface area contributed by atoms with Crippen LogP contribution < -0.4 is 15.0 Å². The number of halogens is 3.